The molecule has 6 heteroatoms. The van der Waals surface area contributed by atoms with E-state index in [0.717, 1.165) is 0 Å². The third-order valence-corrected chi connectivity index (χ3v) is 8.34. The van der Waals surface area contributed by atoms with Gasteiger partial charge in [-0.1, -0.05) is 78.9 Å². The maximum absolute atomic E-state index is 14.3. The first-order valence-corrected chi connectivity index (χ1v) is 12.0. The molecule has 0 fully saturated rings. The highest BCUT2D eigenvalue weighted by atomic mass is 31.2. The van der Waals surface area contributed by atoms with Crippen molar-refractivity contribution in [2.75, 3.05) is 13.3 Å². The minimum absolute atomic E-state index is 0.00311. The third-order valence-electron chi connectivity index (χ3n) is 5.25. The van der Waals surface area contributed by atoms with Gasteiger partial charge in [0.2, 0.25) is 5.78 Å². The van der Waals surface area contributed by atoms with Gasteiger partial charge in [-0.3, -0.25) is 9.59 Å². The summed E-state index contributed by atoms with van der Waals surface area (Å²) < 4.78 is 19.5. The summed E-state index contributed by atoms with van der Waals surface area (Å²) in [5, 5.41) is 1.34. The van der Waals surface area contributed by atoms with E-state index >= 15 is 0 Å². The van der Waals surface area contributed by atoms with Crippen LogP contribution in [0.15, 0.2) is 108 Å². The lowest BCUT2D eigenvalue weighted by atomic mass is 10.0. The second-order valence-electron chi connectivity index (χ2n) is 7.41. The Balaban J connectivity index is 1.69. The molecule has 0 saturated heterocycles. The molecule has 1 heterocycles. The molecule has 0 bridgehead atoms. The minimum atomic E-state index is -3.14. The second-order valence-corrected chi connectivity index (χ2v) is 10.2. The van der Waals surface area contributed by atoms with E-state index in [1.54, 1.807) is 43.4 Å². The summed E-state index contributed by atoms with van der Waals surface area (Å²) in [7, 11) is -1.53. The van der Waals surface area contributed by atoms with Gasteiger partial charge in [-0.2, -0.15) is 0 Å². The number of hydrogen-bond donors (Lipinski definition) is 0. The van der Waals surface area contributed by atoms with Crippen LogP contribution in [0.3, 0.4) is 0 Å². The van der Waals surface area contributed by atoms with Crippen LogP contribution in [0.25, 0.3) is 0 Å². The molecule has 32 heavy (non-hydrogen) atoms. The summed E-state index contributed by atoms with van der Waals surface area (Å²) in [6, 6.07) is 28.1. The molecular formula is C26H22NO4P. The Bertz CT molecular complexity index is 1220. The molecule has 4 rings (SSSR count). The van der Waals surface area contributed by atoms with Crippen molar-refractivity contribution in [2.45, 2.75) is 0 Å². The van der Waals surface area contributed by atoms with Crippen molar-refractivity contribution in [3.63, 3.8) is 0 Å². The smallest absolute Gasteiger partial charge is 0.254 e. The van der Waals surface area contributed by atoms with Crippen LogP contribution in [-0.2, 0) is 4.57 Å². The van der Waals surface area contributed by atoms with E-state index in [1.807, 2.05) is 60.7 Å². The monoisotopic (exact) mass is 443 g/mol. The highest BCUT2D eigenvalue weighted by Gasteiger charge is 2.31. The van der Waals surface area contributed by atoms with Crippen molar-refractivity contribution in [2.24, 2.45) is 0 Å². The topological polar surface area (TPSA) is 67.6 Å². The lowest BCUT2D eigenvalue weighted by Gasteiger charge is -2.26. The first-order chi connectivity index (χ1) is 15.5. The van der Waals surface area contributed by atoms with Crippen LogP contribution >= 0.6 is 7.14 Å². The predicted octanol–water partition coefficient (Wildman–Crippen LogP) is 4.55. The molecule has 3 aromatic carbocycles. The molecule has 160 valence electrons. The normalized spacial score (nSPS) is 11.2. The van der Waals surface area contributed by atoms with Crippen LogP contribution in [0.1, 0.15) is 26.5 Å². The number of amides is 1. The van der Waals surface area contributed by atoms with E-state index in [0.29, 0.717) is 10.6 Å². The third kappa shape index (κ3) is 4.20. The standard InChI is InChI=1S/C26H22NO4P/c1-27(19-32(30,20-11-4-2-5-12-20)21-13-6-3-7-14-21)26(29)23-16-9-8-15-22(23)25(28)24-17-10-18-31-24/h2-18H,19H2,1H3. The highest BCUT2D eigenvalue weighted by Crippen LogP contribution is 2.43. The zero-order valence-corrected chi connectivity index (χ0v) is 18.4. The summed E-state index contributed by atoms with van der Waals surface area (Å²) in [5.74, 6) is -0.596. The number of nitrogens with zero attached hydrogens (tertiary/aromatic N) is 1. The van der Waals surface area contributed by atoms with Crippen molar-refractivity contribution in [1.29, 1.82) is 0 Å². The first kappa shape index (κ1) is 21.5. The molecule has 0 aliphatic rings. The number of ketones is 1. The Labute approximate surface area is 186 Å². The molecule has 0 atom stereocenters. The van der Waals surface area contributed by atoms with Gasteiger partial charge in [-0.15, -0.1) is 0 Å². The average Bonchev–Trinajstić information content (AvgIpc) is 3.39. The number of hydrogen-bond acceptors (Lipinski definition) is 4. The Morgan fingerprint density at radius 3 is 1.81 bits per heavy atom. The van der Waals surface area contributed by atoms with Crippen molar-refractivity contribution in [3.05, 3.63) is 120 Å². The minimum Gasteiger partial charge on any atom is -0.461 e. The summed E-state index contributed by atoms with van der Waals surface area (Å²) in [4.78, 5) is 27.7. The maximum atomic E-state index is 14.3. The molecular weight excluding hydrogens is 421 g/mol. The lowest BCUT2D eigenvalue weighted by Crippen LogP contribution is -2.33. The van der Waals surface area contributed by atoms with Gasteiger partial charge < -0.3 is 13.9 Å². The molecule has 1 aromatic heterocycles. The Morgan fingerprint density at radius 2 is 1.28 bits per heavy atom. The van der Waals surface area contributed by atoms with Crippen LogP contribution in [0.4, 0.5) is 0 Å². The molecule has 5 nitrogen and oxygen atoms in total. The SMILES string of the molecule is CN(CP(=O)(c1ccccc1)c1ccccc1)C(=O)c1ccccc1C(=O)c1ccco1. The van der Waals surface area contributed by atoms with Gasteiger partial charge in [0.05, 0.1) is 18.1 Å². The van der Waals surface area contributed by atoms with Gasteiger partial charge in [0.15, 0.2) is 12.9 Å². The van der Waals surface area contributed by atoms with Crippen LogP contribution in [0, 0.1) is 0 Å². The number of carbonyl (C=O) groups excluding carboxylic acids is 2. The van der Waals surface area contributed by atoms with E-state index in [9.17, 15) is 14.2 Å². The number of benzene rings is 3. The van der Waals surface area contributed by atoms with E-state index in [2.05, 4.69) is 0 Å². The summed E-state index contributed by atoms with van der Waals surface area (Å²) >= 11 is 0. The second kappa shape index (κ2) is 9.21. The van der Waals surface area contributed by atoms with Crippen molar-refractivity contribution < 1.29 is 18.6 Å². The molecule has 0 unspecified atom stereocenters. The molecule has 0 radical (unpaired) electrons. The molecule has 0 aliphatic heterocycles. The van der Waals surface area contributed by atoms with E-state index in [-0.39, 0.29) is 34.9 Å². The number of rotatable bonds is 7. The first-order valence-electron chi connectivity index (χ1n) is 10.1. The summed E-state index contributed by atoms with van der Waals surface area (Å²) in [5.41, 5.74) is 0.484. The van der Waals surface area contributed by atoms with Crippen molar-refractivity contribution in [1.82, 2.24) is 4.90 Å². The molecule has 0 spiro atoms. The van der Waals surface area contributed by atoms with Gasteiger partial charge in [0.25, 0.3) is 5.91 Å². The number of furan rings is 1. The van der Waals surface area contributed by atoms with Crippen LogP contribution in [0.5, 0.6) is 0 Å². The van der Waals surface area contributed by atoms with E-state index < -0.39 is 7.14 Å². The van der Waals surface area contributed by atoms with Gasteiger partial charge >= 0.3 is 0 Å². The predicted molar refractivity (Wildman–Crippen MR) is 125 cm³/mol. The van der Waals surface area contributed by atoms with Crippen molar-refractivity contribution in [3.8, 4) is 0 Å². The summed E-state index contributed by atoms with van der Waals surface area (Å²) in [6.45, 7) is 0. The fraction of sp³-hybridized carbons (Fsp3) is 0.0769. The van der Waals surface area contributed by atoms with E-state index in [4.69, 9.17) is 4.42 Å². The lowest BCUT2D eigenvalue weighted by molar-refractivity contribution is 0.0811. The maximum Gasteiger partial charge on any atom is 0.254 e. The molecule has 0 saturated carbocycles. The molecule has 0 aliphatic carbocycles. The van der Waals surface area contributed by atoms with Gasteiger partial charge in [0.1, 0.15) is 0 Å². The zero-order valence-electron chi connectivity index (χ0n) is 17.5. The largest absolute Gasteiger partial charge is 0.461 e. The molecule has 1 amide bonds. The van der Waals surface area contributed by atoms with Crippen molar-refractivity contribution >= 4 is 29.4 Å². The van der Waals surface area contributed by atoms with Crippen LogP contribution < -0.4 is 10.6 Å². The quantitative estimate of drug-likeness (QED) is 0.310. The number of carbonyl (C=O) groups is 2. The van der Waals surface area contributed by atoms with Crippen LogP contribution in [0.2, 0.25) is 0 Å². The molecule has 0 N–H and O–H groups in total. The zero-order chi connectivity index (χ0) is 22.6. The van der Waals surface area contributed by atoms with E-state index in [1.165, 1.54) is 11.2 Å². The van der Waals surface area contributed by atoms with Gasteiger partial charge in [-0.25, -0.2) is 0 Å². The Morgan fingerprint density at radius 1 is 0.750 bits per heavy atom. The Hall–Kier alpha value is -3.69. The fourth-order valence-corrected chi connectivity index (χ4v) is 6.28. The van der Waals surface area contributed by atoms with Crippen LogP contribution in [-0.4, -0.2) is 29.9 Å². The van der Waals surface area contributed by atoms with Gasteiger partial charge in [-0.05, 0) is 18.2 Å². The summed E-state index contributed by atoms with van der Waals surface area (Å²) in [6.07, 6.45) is 1.42. The highest BCUT2D eigenvalue weighted by molar-refractivity contribution is 7.78. The van der Waals surface area contributed by atoms with Gasteiger partial charge in [0, 0.05) is 23.2 Å². The fourth-order valence-electron chi connectivity index (χ4n) is 3.63. The average molecular weight is 443 g/mol. The molecule has 4 aromatic rings. The Kier molecular flexibility index (Phi) is 6.20.